The Bertz CT molecular complexity index is 3070. The molecular formula is C52H36N2. The highest BCUT2D eigenvalue weighted by molar-refractivity contribution is 6.09. The fourth-order valence-electron chi connectivity index (χ4n) is 7.67. The molecule has 0 spiro atoms. The predicted molar refractivity (Wildman–Crippen MR) is 229 cm³/mol. The topological polar surface area (TPSA) is 8.17 Å². The van der Waals surface area contributed by atoms with E-state index in [0.29, 0.717) is 11.3 Å². The summed E-state index contributed by atoms with van der Waals surface area (Å²) in [7, 11) is 0. The maximum atomic E-state index is 9.37. The summed E-state index contributed by atoms with van der Waals surface area (Å²) in [6.45, 7) is 0. The summed E-state index contributed by atoms with van der Waals surface area (Å²) in [5.41, 5.74) is 10.1. The molecule has 254 valence electrons. The van der Waals surface area contributed by atoms with E-state index in [-0.39, 0.29) is 35.4 Å². The van der Waals surface area contributed by atoms with Crippen molar-refractivity contribution in [3.63, 3.8) is 0 Å². The van der Waals surface area contributed by atoms with Crippen LogP contribution in [0.15, 0.2) is 218 Å². The molecular weight excluding hydrogens is 653 g/mol. The van der Waals surface area contributed by atoms with Gasteiger partial charge < -0.3 is 9.47 Å². The summed E-state index contributed by atoms with van der Waals surface area (Å²) in [5, 5.41) is 4.74. The molecule has 0 unspecified atom stereocenters. The molecule has 0 bridgehead atoms. The van der Waals surface area contributed by atoms with Gasteiger partial charge in [-0.2, -0.15) is 0 Å². The van der Waals surface area contributed by atoms with Gasteiger partial charge in [-0.3, -0.25) is 0 Å². The van der Waals surface area contributed by atoms with Crippen LogP contribution in [-0.2, 0) is 0 Å². The molecule has 1 heterocycles. The molecule has 0 aliphatic carbocycles. The summed E-state index contributed by atoms with van der Waals surface area (Å²) >= 11 is 0. The third-order valence-corrected chi connectivity index (χ3v) is 10.3. The van der Waals surface area contributed by atoms with Crippen LogP contribution in [0.25, 0.3) is 71.6 Å². The molecule has 54 heavy (non-hydrogen) atoms. The molecule has 2 nitrogen and oxygen atoms in total. The van der Waals surface area contributed by atoms with E-state index in [1.54, 1.807) is 0 Å². The largest absolute Gasteiger partial charge is 0.311 e. The van der Waals surface area contributed by atoms with E-state index in [4.69, 9.17) is 2.74 Å². The Hall–Kier alpha value is -7.16. The number of hydrogen-bond donors (Lipinski definition) is 0. The van der Waals surface area contributed by atoms with Crippen LogP contribution in [0.2, 0.25) is 0 Å². The molecule has 0 saturated heterocycles. The maximum Gasteiger partial charge on any atom is 0.0645 e. The molecule has 0 radical (unpaired) electrons. The highest BCUT2D eigenvalue weighted by Crippen LogP contribution is 2.39. The minimum atomic E-state index is -0.110. The second kappa shape index (κ2) is 13.4. The van der Waals surface area contributed by atoms with Gasteiger partial charge in [0.05, 0.1) is 16.5 Å². The second-order valence-corrected chi connectivity index (χ2v) is 13.5. The lowest BCUT2D eigenvalue weighted by atomic mass is 9.98. The van der Waals surface area contributed by atoms with Crippen molar-refractivity contribution < 1.29 is 5.48 Å². The Labute approximate surface area is 321 Å². The predicted octanol–water partition coefficient (Wildman–Crippen LogP) is 14.4. The Morgan fingerprint density at radius 2 is 0.870 bits per heavy atom. The maximum absolute atomic E-state index is 9.37. The molecule has 0 amide bonds. The van der Waals surface area contributed by atoms with Crippen molar-refractivity contribution in [2.45, 2.75) is 0 Å². The van der Waals surface area contributed by atoms with E-state index in [9.17, 15) is 2.74 Å². The van der Waals surface area contributed by atoms with Crippen LogP contribution in [0.1, 0.15) is 5.48 Å². The minimum absolute atomic E-state index is 0.0851. The number of aromatic nitrogens is 1. The van der Waals surface area contributed by atoms with Crippen LogP contribution >= 0.6 is 0 Å². The molecule has 0 fully saturated rings. The van der Waals surface area contributed by atoms with Gasteiger partial charge in [-0.05, 0) is 105 Å². The van der Waals surface area contributed by atoms with Gasteiger partial charge >= 0.3 is 0 Å². The van der Waals surface area contributed by atoms with Gasteiger partial charge in [-0.25, -0.2) is 0 Å². The van der Waals surface area contributed by atoms with E-state index < -0.39 is 0 Å². The van der Waals surface area contributed by atoms with Crippen LogP contribution in [0.3, 0.4) is 0 Å². The van der Waals surface area contributed by atoms with Crippen molar-refractivity contribution in [2.75, 3.05) is 4.90 Å². The molecule has 2 heteroatoms. The van der Waals surface area contributed by atoms with Gasteiger partial charge in [0, 0.05) is 33.5 Å². The standard InChI is InChI=1S/C52H36N2/c1-2-12-37(13-3-1)38-24-30-43(31-25-38)53(45-34-28-41(29-35-45)48-21-11-15-40-14-4-5-18-47(40)48)44-32-26-39(27-33-44)42-16-10-17-46(36-42)54-51-22-8-6-19-49(51)50-20-7-9-23-52(50)54/h1-36H/i24D,25D,30D,31D. The average Bonchev–Trinajstić information content (AvgIpc) is 3.62. The van der Waals surface area contributed by atoms with E-state index in [1.807, 2.05) is 71.6 Å². The first kappa shape index (κ1) is 27.5. The zero-order valence-corrected chi connectivity index (χ0v) is 29.4. The molecule has 9 aromatic carbocycles. The molecule has 1 aromatic heterocycles. The fraction of sp³-hybridized carbons (Fsp3) is 0. The Morgan fingerprint density at radius 3 is 1.56 bits per heavy atom. The Kier molecular flexibility index (Phi) is 6.84. The zero-order valence-electron chi connectivity index (χ0n) is 33.4. The number of fused-ring (bicyclic) bond motifs is 4. The first-order valence-corrected chi connectivity index (χ1v) is 18.2. The van der Waals surface area contributed by atoms with Crippen molar-refractivity contribution in [1.82, 2.24) is 4.57 Å². The van der Waals surface area contributed by atoms with E-state index in [2.05, 4.69) is 132 Å². The van der Waals surface area contributed by atoms with Crippen molar-refractivity contribution >= 4 is 49.6 Å². The summed E-state index contributed by atoms with van der Waals surface area (Å²) in [5.74, 6) is 0. The van der Waals surface area contributed by atoms with Gasteiger partial charge in [0.15, 0.2) is 0 Å². The highest BCUT2D eigenvalue weighted by atomic mass is 15.1. The minimum Gasteiger partial charge on any atom is -0.311 e. The van der Waals surface area contributed by atoms with Crippen LogP contribution < -0.4 is 4.90 Å². The summed E-state index contributed by atoms with van der Waals surface area (Å²) in [6.07, 6.45) is 0. The normalized spacial score (nSPS) is 12.4. The number of para-hydroxylation sites is 2. The number of hydrogen-bond acceptors (Lipinski definition) is 1. The van der Waals surface area contributed by atoms with E-state index in [1.165, 1.54) is 10.8 Å². The monoisotopic (exact) mass is 692 g/mol. The van der Waals surface area contributed by atoms with Crippen LogP contribution in [0.5, 0.6) is 0 Å². The smallest absolute Gasteiger partial charge is 0.0645 e. The van der Waals surface area contributed by atoms with Crippen LogP contribution in [0.4, 0.5) is 17.1 Å². The lowest BCUT2D eigenvalue weighted by molar-refractivity contribution is 1.18. The molecule has 0 N–H and O–H groups in total. The van der Waals surface area contributed by atoms with Crippen molar-refractivity contribution in [1.29, 1.82) is 0 Å². The molecule has 10 aromatic rings. The summed E-state index contributed by atoms with van der Waals surface area (Å²) in [6, 6.07) is 65.3. The van der Waals surface area contributed by atoms with Gasteiger partial charge in [0.25, 0.3) is 0 Å². The average molecular weight is 693 g/mol. The Balaban J connectivity index is 1.09. The van der Waals surface area contributed by atoms with Crippen molar-refractivity contribution in [3.05, 3.63) is 218 Å². The summed E-state index contributed by atoms with van der Waals surface area (Å²) < 4.78 is 39.4. The summed E-state index contributed by atoms with van der Waals surface area (Å²) in [4.78, 5) is 1.85. The van der Waals surface area contributed by atoms with Crippen LogP contribution in [0, 0.1) is 0 Å². The first-order valence-electron chi connectivity index (χ1n) is 20.2. The Morgan fingerprint density at radius 1 is 0.352 bits per heavy atom. The number of nitrogens with zero attached hydrogens (tertiary/aromatic N) is 2. The third kappa shape index (κ3) is 5.62. The molecule has 0 atom stereocenters. The van der Waals surface area contributed by atoms with E-state index in [0.717, 1.165) is 55.4 Å². The van der Waals surface area contributed by atoms with Gasteiger partial charge in [0.2, 0.25) is 0 Å². The lowest BCUT2D eigenvalue weighted by Crippen LogP contribution is -2.09. The zero-order chi connectivity index (χ0) is 39.3. The fourth-order valence-corrected chi connectivity index (χ4v) is 7.67. The van der Waals surface area contributed by atoms with E-state index >= 15 is 0 Å². The second-order valence-electron chi connectivity index (χ2n) is 13.5. The number of rotatable bonds is 7. The highest BCUT2D eigenvalue weighted by Gasteiger charge is 2.16. The van der Waals surface area contributed by atoms with Gasteiger partial charge in [-0.15, -0.1) is 0 Å². The van der Waals surface area contributed by atoms with Crippen LogP contribution in [-0.4, -0.2) is 4.57 Å². The molecule has 0 aliphatic heterocycles. The third-order valence-electron chi connectivity index (χ3n) is 10.3. The first-order chi connectivity index (χ1) is 28.5. The lowest BCUT2D eigenvalue weighted by Gasteiger charge is -2.26. The number of anilines is 3. The quantitative estimate of drug-likeness (QED) is 0.161. The molecule has 10 rings (SSSR count). The van der Waals surface area contributed by atoms with Gasteiger partial charge in [-0.1, -0.05) is 158 Å². The van der Waals surface area contributed by atoms with Gasteiger partial charge in [0.1, 0.15) is 0 Å². The number of benzene rings is 9. The van der Waals surface area contributed by atoms with Crippen molar-refractivity contribution in [3.8, 4) is 39.1 Å². The SMILES string of the molecule is [2H]c1c([2H])c(N(c2ccc(-c3cccc(-n4c5ccccc5c5ccccc54)c3)cc2)c2ccc(-c3cccc4ccccc34)cc2)c([2H])c([2H])c1-c1ccccc1. The van der Waals surface area contributed by atoms with Crippen molar-refractivity contribution in [2.24, 2.45) is 0 Å². The molecule has 0 aliphatic rings. The molecule has 0 saturated carbocycles.